The molecule has 2 heteroatoms. The monoisotopic (exact) mass is 275 g/mol. The molecule has 1 aromatic rings. The van der Waals surface area contributed by atoms with Gasteiger partial charge < -0.3 is 10.1 Å². The molecule has 112 valence electrons. The van der Waals surface area contributed by atoms with E-state index in [4.69, 9.17) is 4.74 Å². The lowest BCUT2D eigenvalue weighted by Crippen LogP contribution is -2.24. The summed E-state index contributed by atoms with van der Waals surface area (Å²) in [5.41, 5.74) is 3.88. The predicted octanol–water partition coefficient (Wildman–Crippen LogP) is 4.37. The quantitative estimate of drug-likeness (QED) is 0.861. The van der Waals surface area contributed by atoms with Crippen molar-refractivity contribution in [2.45, 2.75) is 65.5 Å². The van der Waals surface area contributed by atoms with Gasteiger partial charge in [0.05, 0.1) is 6.10 Å². The van der Waals surface area contributed by atoms with E-state index in [-0.39, 0.29) is 0 Å². The van der Waals surface area contributed by atoms with E-state index < -0.39 is 0 Å². The highest BCUT2D eigenvalue weighted by molar-refractivity contribution is 5.43. The number of nitrogens with one attached hydrogen (secondary N) is 1. The molecule has 0 aromatic heterocycles. The molecule has 2 nitrogen and oxygen atoms in total. The van der Waals surface area contributed by atoms with E-state index >= 15 is 0 Å². The second-order valence-corrected chi connectivity index (χ2v) is 6.26. The van der Waals surface area contributed by atoms with Crippen LogP contribution in [-0.2, 0) is 6.54 Å². The fourth-order valence-corrected chi connectivity index (χ4v) is 3.36. The number of ether oxygens (including phenoxy) is 1. The van der Waals surface area contributed by atoms with Crippen LogP contribution < -0.4 is 10.1 Å². The lowest BCUT2D eigenvalue weighted by atomic mass is 9.86. The van der Waals surface area contributed by atoms with Crippen LogP contribution >= 0.6 is 0 Å². The van der Waals surface area contributed by atoms with Gasteiger partial charge >= 0.3 is 0 Å². The first-order valence-corrected chi connectivity index (χ1v) is 8.05. The summed E-state index contributed by atoms with van der Waals surface area (Å²) in [7, 11) is 1.99. The fraction of sp³-hybridized carbons (Fsp3) is 0.667. The van der Waals surface area contributed by atoms with Crippen LogP contribution in [0.25, 0.3) is 0 Å². The van der Waals surface area contributed by atoms with E-state index in [1.165, 1.54) is 48.8 Å². The molecule has 0 aliphatic heterocycles. The zero-order chi connectivity index (χ0) is 14.5. The standard InChI is InChI=1S/C18H29NO/c1-5-15-6-8-17(9-7-15)20-18-13(2)10-16(12-19-4)11-14(18)3/h10-11,15,17,19H,5-9,12H2,1-4H3. The summed E-state index contributed by atoms with van der Waals surface area (Å²) in [5.74, 6) is 2.04. The summed E-state index contributed by atoms with van der Waals surface area (Å²) in [6.07, 6.45) is 6.84. The van der Waals surface area contributed by atoms with E-state index in [0.717, 1.165) is 18.2 Å². The number of rotatable bonds is 5. The summed E-state index contributed by atoms with van der Waals surface area (Å²) in [6, 6.07) is 4.49. The maximum atomic E-state index is 6.32. The summed E-state index contributed by atoms with van der Waals surface area (Å²) >= 11 is 0. The van der Waals surface area contributed by atoms with Crippen molar-refractivity contribution in [2.24, 2.45) is 5.92 Å². The van der Waals surface area contributed by atoms with Crippen LogP contribution in [-0.4, -0.2) is 13.2 Å². The molecule has 1 aliphatic carbocycles. The largest absolute Gasteiger partial charge is 0.490 e. The minimum Gasteiger partial charge on any atom is -0.490 e. The Balaban J connectivity index is 2.02. The third kappa shape index (κ3) is 3.76. The minimum atomic E-state index is 0.422. The minimum absolute atomic E-state index is 0.422. The zero-order valence-corrected chi connectivity index (χ0v) is 13.5. The third-order valence-corrected chi connectivity index (χ3v) is 4.56. The Morgan fingerprint density at radius 1 is 1.10 bits per heavy atom. The Morgan fingerprint density at radius 3 is 2.20 bits per heavy atom. The van der Waals surface area contributed by atoms with Gasteiger partial charge in [0.1, 0.15) is 5.75 Å². The second kappa shape index (κ2) is 7.12. The van der Waals surface area contributed by atoms with Gasteiger partial charge in [0.15, 0.2) is 0 Å². The van der Waals surface area contributed by atoms with Crippen molar-refractivity contribution < 1.29 is 4.74 Å². The van der Waals surface area contributed by atoms with Gasteiger partial charge in [0, 0.05) is 6.54 Å². The SMILES string of the molecule is CCC1CCC(Oc2c(C)cc(CNC)cc2C)CC1. The molecule has 0 radical (unpaired) electrons. The maximum Gasteiger partial charge on any atom is 0.125 e. The summed E-state index contributed by atoms with van der Waals surface area (Å²) in [5, 5.41) is 3.21. The second-order valence-electron chi connectivity index (χ2n) is 6.26. The lowest BCUT2D eigenvalue weighted by Gasteiger charge is -2.29. The molecule has 1 aliphatic rings. The molecule has 0 heterocycles. The van der Waals surface area contributed by atoms with Crippen LogP contribution in [0.4, 0.5) is 0 Å². The molecule has 0 atom stereocenters. The Morgan fingerprint density at radius 2 is 1.70 bits per heavy atom. The first-order chi connectivity index (χ1) is 9.63. The number of benzene rings is 1. The molecule has 1 saturated carbocycles. The van der Waals surface area contributed by atoms with Gasteiger partial charge in [-0.25, -0.2) is 0 Å². The zero-order valence-electron chi connectivity index (χ0n) is 13.5. The molecular weight excluding hydrogens is 246 g/mol. The number of hydrogen-bond donors (Lipinski definition) is 1. The summed E-state index contributed by atoms with van der Waals surface area (Å²) in [6.45, 7) is 7.56. The van der Waals surface area contributed by atoms with Crippen LogP contribution in [0.2, 0.25) is 0 Å². The lowest BCUT2D eigenvalue weighted by molar-refractivity contribution is 0.128. The highest BCUT2D eigenvalue weighted by atomic mass is 16.5. The Hall–Kier alpha value is -1.02. The van der Waals surface area contributed by atoms with Gasteiger partial charge in [-0.05, 0) is 69.2 Å². The first kappa shape index (κ1) is 15.4. The van der Waals surface area contributed by atoms with Crippen molar-refractivity contribution in [1.29, 1.82) is 0 Å². The summed E-state index contributed by atoms with van der Waals surface area (Å²) in [4.78, 5) is 0. The van der Waals surface area contributed by atoms with E-state index in [1.807, 2.05) is 7.05 Å². The van der Waals surface area contributed by atoms with Crippen molar-refractivity contribution in [1.82, 2.24) is 5.32 Å². The van der Waals surface area contributed by atoms with Crippen molar-refractivity contribution in [3.8, 4) is 5.75 Å². The third-order valence-electron chi connectivity index (χ3n) is 4.56. The molecule has 0 unspecified atom stereocenters. The van der Waals surface area contributed by atoms with Crippen LogP contribution in [0.5, 0.6) is 5.75 Å². The first-order valence-electron chi connectivity index (χ1n) is 8.05. The van der Waals surface area contributed by atoms with Crippen molar-refractivity contribution in [2.75, 3.05) is 7.05 Å². The number of hydrogen-bond acceptors (Lipinski definition) is 2. The molecule has 1 fully saturated rings. The Bertz CT molecular complexity index is 410. The van der Waals surface area contributed by atoms with E-state index in [1.54, 1.807) is 0 Å². The Labute approximate surface area is 123 Å². The predicted molar refractivity (Wildman–Crippen MR) is 85.3 cm³/mol. The van der Waals surface area contributed by atoms with Gasteiger partial charge in [-0.15, -0.1) is 0 Å². The molecule has 0 saturated heterocycles. The van der Waals surface area contributed by atoms with Crippen molar-refractivity contribution in [3.63, 3.8) is 0 Å². The van der Waals surface area contributed by atoms with Gasteiger partial charge in [0.2, 0.25) is 0 Å². The van der Waals surface area contributed by atoms with Crippen LogP contribution in [0, 0.1) is 19.8 Å². The molecule has 0 bridgehead atoms. The van der Waals surface area contributed by atoms with Gasteiger partial charge in [-0.2, -0.15) is 0 Å². The fourth-order valence-electron chi connectivity index (χ4n) is 3.36. The molecule has 1 N–H and O–H groups in total. The molecule has 20 heavy (non-hydrogen) atoms. The highest BCUT2D eigenvalue weighted by Gasteiger charge is 2.22. The highest BCUT2D eigenvalue weighted by Crippen LogP contribution is 2.32. The molecule has 1 aromatic carbocycles. The molecule has 2 rings (SSSR count). The van der Waals surface area contributed by atoms with Crippen LogP contribution in [0.1, 0.15) is 55.7 Å². The average molecular weight is 275 g/mol. The van der Waals surface area contributed by atoms with Crippen LogP contribution in [0.3, 0.4) is 0 Å². The number of aryl methyl sites for hydroxylation is 2. The smallest absolute Gasteiger partial charge is 0.125 e. The van der Waals surface area contributed by atoms with E-state index in [0.29, 0.717) is 6.10 Å². The molecular formula is C18H29NO. The topological polar surface area (TPSA) is 21.3 Å². The average Bonchev–Trinajstić information content (AvgIpc) is 2.44. The van der Waals surface area contributed by atoms with Gasteiger partial charge in [-0.3, -0.25) is 0 Å². The maximum absolute atomic E-state index is 6.32. The molecule has 0 spiro atoms. The summed E-state index contributed by atoms with van der Waals surface area (Å²) < 4.78 is 6.32. The van der Waals surface area contributed by atoms with E-state index in [2.05, 4.69) is 38.2 Å². The van der Waals surface area contributed by atoms with Gasteiger partial charge in [-0.1, -0.05) is 25.5 Å². The normalized spacial score (nSPS) is 22.8. The van der Waals surface area contributed by atoms with Crippen molar-refractivity contribution >= 4 is 0 Å². The molecule has 0 amide bonds. The Kier molecular flexibility index (Phi) is 5.47. The van der Waals surface area contributed by atoms with Crippen molar-refractivity contribution in [3.05, 3.63) is 28.8 Å². The van der Waals surface area contributed by atoms with Crippen LogP contribution in [0.15, 0.2) is 12.1 Å². The van der Waals surface area contributed by atoms with E-state index in [9.17, 15) is 0 Å². The van der Waals surface area contributed by atoms with Gasteiger partial charge in [0.25, 0.3) is 0 Å².